The van der Waals surface area contributed by atoms with Gasteiger partial charge in [-0.2, -0.15) is 0 Å². The zero-order valence-electron chi connectivity index (χ0n) is 11.3. The Labute approximate surface area is 124 Å². The number of carbonyl (C=O) groups excluding carboxylic acids is 2. The Kier molecular flexibility index (Phi) is 5.02. The lowest BCUT2D eigenvalue weighted by molar-refractivity contribution is -0.123. The molecule has 7 heteroatoms. The van der Waals surface area contributed by atoms with E-state index >= 15 is 0 Å². The van der Waals surface area contributed by atoms with E-state index in [4.69, 9.17) is 4.74 Å². The van der Waals surface area contributed by atoms with E-state index in [1.165, 1.54) is 42.5 Å². The van der Waals surface area contributed by atoms with E-state index in [9.17, 15) is 18.4 Å². The Hall–Kier alpha value is -2.96. The summed E-state index contributed by atoms with van der Waals surface area (Å²) >= 11 is 0. The third-order valence-electron chi connectivity index (χ3n) is 2.62. The molecule has 0 heterocycles. The first-order chi connectivity index (χ1) is 10.6. The number of carbonyl (C=O) groups is 2. The van der Waals surface area contributed by atoms with Gasteiger partial charge in [-0.3, -0.25) is 20.4 Å². The van der Waals surface area contributed by atoms with Gasteiger partial charge in [0.05, 0.1) is 5.56 Å². The van der Waals surface area contributed by atoms with Crippen LogP contribution in [0.4, 0.5) is 8.78 Å². The summed E-state index contributed by atoms with van der Waals surface area (Å²) in [5, 5.41) is 0. The summed E-state index contributed by atoms with van der Waals surface area (Å²) in [6, 6.07) is 10.5. The third-order valence-corrected chi connectivity index (χ3v) is 2.62. The zero-order valence-corrected chi connectivity index (χ0v) is 11.3. The zero-order chi connectivity index (χ0) is 15.9. The van der Waals surface area contributed by atoms with Crippen molar-refractivity contribution < 1.29 is 23.1 Å². The van der Waals surface area contributed by atoms with E-state index in [0.717, 1.165) is 6.07 Å². The second-order valence-electron chi connectivity index (χ2n) is 4.22. The first-order valence-electron chi connectivity index (χ1n) is 6.28. The van der Waals surface area contributed by atoms with Gasteiger partial charge in [0, 0.05) is 0 Å². The van der Waals surface area contributed by atoms with Gasteiger partial charge >= 0.3 is 0 Å². The van der Waals surface area contributed by atoms with Gasteiger partial charge in [-0.1, -0.05) is 12.1 Å². The van der Waals surface area contributed by atoms with Crippen molar-refractivity contribution >= 4 is 11.8 Å². The second-order valence-corrected chi connectivity index (χ2v) is 4.22. The number of hydrogen-bond donors (Lipinski definition) is 2. The van der Waals surface area contributed by atoms with Crippen LogP contribution in [0.15, 0.2) is 48.5 Å². The van der Waals surface area contributed by atoms with Gasteiger partial charge in [0.25, 0.3) is 11.8 Å². The van der Waals surface area contributed by atoms with Gasteiger partial charge in [0.15, 0.2) is 6.61 Å². The topological polar surface area (TPSA) is 67.4 Å². The molecule has 0 aliphatic carbocycles. The van der Waals surface area contributed by atoms with E-state index in [2.05, 4.69) is 10.9 Å². The van der Waals surface area contributed by atoms with Crippen LogP contribution >= 0.6 is 0 Å². The number of rotatable bonds is 4. The number of ether oxygens (including phenoxy) is 1. The number of halogens is 2. The highest BCUT2D eigenvalue weighted by Gasteiger charge is 2.11. The molecule has 0 aliphatic rings. The quantitative estimate of drug-likeness (QED) is 0.847. The van der Waals surface area contributed by atoms with Crippen molar-refractivity contribution in [2.75, 3.05) is 6.61 Å². The van der Waals surface area contributed by atoms with Crippen LogP contribution in [0.1, 0.15) is 10.4 Å². The molecule has 0 aromatic heterocycles. The van der Waals surface area contributed by atoms with E-state index < -0.39 is 23.4 Å². The molecule has 0 saturated carbocycles. The summed E-state index contributed by atoms with van der Waals surface area (Å²) in [7, 11) is 0. The van der Waals surface area contributed by atoms with Gasteiger partial charge in [-0.25, -0.2) is 8.78 Å². The highest BCUT2D eigenvalue weighted by molar-refractivity contribution is 5.95. The fourth-order valence-electron chi connectivity index (χ4n) is 1.55. The number of amides is 2. The largest absolute Gasteiger partial charge is 0.484 e. The van der Waals surface area contributed by atoms with E-state index in [1.54, 1.807) is 0 Å². The van der Waals surface area contributed by atoms with Crippen LogP contribution in [0, 0.1) is 11.6 Å². The molecule has 0 spiro atoms. The molecule has 2 rings (SSSR count). The molecule has 0 fully saturated rings. The van der Waals surface area contributed by atoms with Crippen LogP contribution in [0.2, 0.25) is 0 Å². The molecule has 0 aliphatic heterocycles. The highest BCUT2D eigenvalue weighted by Crippen LogP contribution is 2.10. The molecule has 0 radical (unpaired) electrons. The average Bonchev–Trinajstić information content (AvgIpc) is 2.52. The van der Waals surface area contributed by atoms with Crippen molar-refractivity contribution in [2.24, 2.45) is 0 Å². The Morgan fingerprint density at radius 2 is 1.64 bits per heavy atom. The van der Waals surface area contributed by atoms with Crippen LogP contribution in [0.3, 0.4) is 0 Å². The minimum absolute atomic E-state index is 0.192. The predicted octanol–water partition coefficient (Wildman–Crippen LogP) is 1.80. The molecule has 0 atom stereocenters. The molecule has 2 amide bonds. The Morgan fingerprint density at radius 1 is 0.955 bits per heavy atom. The third kappa shape index (κ3) is 4.27. The molecule has 5 nitrogen and oxygen atoms in total. The number of hydrazine groups is 1. The van der Waals surface area contributed by atoms with Crippen LogP contribution < -0.4 is 15.6 Å². The maximum Gasteiger partial charge on any atom is 0.276 e. The summed E-state index contributed by atoms with van der Waals surface area (Å²) in [5.74, 6) is -2.25. The van der Waals surface area contributed by atoms with Crippen molar-refractivity contribution in [1.29, 1.82) is 0 Å². The maximum absolute atomic E-state index is 13.3. The van der Waals surface area contributed by atoms with Gasteiger partial charge in [0.1, 0.15) is 17.4 Å². The molecule has 22 heavy (non-hydrogen) atoms. The van der Waals surface area contributed by atoms with E-state index in [-0.39, 0.29) is 12.2 Å². The first-order valence-corrected chi connectivity index (χ1v) is 6.28. The minimum atomic E-state index is -0.784. The average molecular weight is 306 g/mol. The number of benzene rings is 2. The summed E-state index contributed by atoms with van der Waals surface area (Å²) < 4.78 is 31.1. The molecule has 114 valence electrons. The summed E-state index contributed by atoms with van der Waals surface area (Å²) in [6.45, 7) is -0.386. The fourth-order valence-corrected chi connectivity index (χ4v) is 1.55. The summed E-state index contributed by atoms with van der Waals surface area (Å²) in [6.07, 6.45) is 0. The predicted molar refractivity (Wildman–Crippen MR) is 73.9 cm³/mol. The monoisotopic (exact) mass is 306 g/mol. The standard InChI is InChI=1S/C15H12F2N2O3/c16-10-5-7-11(8-6-10)22-9-14(20)18-19-15(21)12-3-1-2-4-13(12)17/h1-8H,9H2,(H,18,20)(H,19,21). The second kappa shape index (κ2) is 7.16. The summed E-state index contributed by atoms with van der Waals surface area (Å²) in [5.41, 5.74) is 3.96. The normalized spacial score (nSPS) is 9.91. The Morgan fingerprint density at radius 3 is 2.32 bits per heavy atom. The van der Waals surface area contributed by atoms with Crippen LogP contribution in [0.25, 0.3) is 0 Å². The molecule has 0 bridgehead atoms. The van der Waals surface area contributed by atoms with Crippen molar-refractivity contribution in [2.45, 2.75) is 0 Å². The van der Waals surface area contributed by atoms with E-state index in [1.807, 2.05) is 0 Å². The van der Waals surface area contributed by atoms with Crippen molar-refractivity contribution in [3.63, 3.8) is 0 Å². The Balaban J connectivity index is 1.79. The van der Waals surface area contributed by atoms with Gasteiger partial charge < -0.3 is 4.74 Å². The lowest BCUT2D eigenvalue weighted by Crippen LogP contribution is -2.44. The highest BCUT2D eigenvalue weighted by atomic mass is 19.1. The molecule has 2 aromatic carbocycles. The van der Waals surface area contributed by atoms with Crippen molar-refractivity contribution in [1.82, 2.24) is 10.9 Å². The lowest BCUT2D eigenvalue weighted by atomic mass is 10.2. The van der Waals surface area contributed by atoms with Gasteiger partial charge in [0.2, 0.25) is 0 Å². The smallest absolute Gasteiger partial charge is 0.276 e. The van der Waals surface area contributed by atoms with Gasteiger partial charge in [-0.05, 0) is 36.4 Å². The first kappa shape index (κ1) is 15.4. The van der Waals surface area contributed by atoms with Crippen LogP contribution in [-0.4, -0.2) is 18.4 Å². The van der Waals surface area contributed by atoms with Crippen LogP contribution in [0.5, 0.6) is 5.75 Å². The number of nitrogens with one attached hydrogen (secondary N) is 2. The minimum Gasteiger partial charge on any atom is -0.484 e. The molecular formula is C15H12F2N2O3. The van der Waals surface area contributed by atoms with Gasteiger partial charge in [-0.15, -0.1) is 0 Å². The molecule has 0 saturated heterocycles. The molecule has 2 N–H and O–H groups in total. The SMILES string of the molecule is O=C(COc1ccc(F)cc1)NNC(=O)c1ccccc1F. The maximum atomic E-state index is 13.3. The Bertz CT molecular complexity index is 675. The number of hydrogen-bond acceptors (Lipinski definition) is 3. The molecule has 0 unspecified atom stereocenters. The molecular weight excluding hydrogens is 294 g/mol. The van der Waals surface area contributed by atoms with Crippen molar-refractivity contribution in [3.8, 4) is 5.75 Å². The summed E-state index contributed by atoms with van der Waals surface area (Å²) in [4.78, 5) is 23.1. The van der Waals surface area contributed by atoms with Crippen LogP contribution in [-0.2, 0) is 4.79 Å². The van der Waals surface area contributed by atoms with Crippen molar-refractivity contribution in [3.05, 3.63) is 65.7 Å². The van der Waals surface area contributed by atoms with E-state index in [0.29, 0.717) is 5.75 Å². The molecule has 2 aromatic rings. The fraction of sp³-hybridized carbons (Fsp3) is 0.0667. The lowest BCUT2D eigenvalue weighted by Gasteiger charge is -2.09.